The lowest BCUT2D eigenvalue weighted by atomic mass is 9.93. The minimum atomic E-state index is -0.382. The highest BCUT2D eigenvalue weighted by molar-refractivity contribution is 5.75. The Morgan fingerprint density at radius 3 is 2.15 bits per heavy atom. The Labute approximate surface area is 161 Å². The van der Waals surface area contributed by atoms with Gasteiger partial charge in [0.05, 0.1) is 19.8 Å². The molecule has 0 aromatic heterocycles. The van der Waals surface area contributed by atoms with E-state index in [0.29, 0.717) is 6.61 Å². The summed E-state index contributed by atoms with van der Waals surface area (Å²) in [5.41, 5.74) is 2.47. The summed E-state index contributed by atoms with van der Waals surface area (Å²) >= 11 is 0. The summed E-state index contributed by atoms with van der Waals surface area (Å²) in [6, 6.07) is 20.8. The minimum Gasteiger partial charge on any atom is -0.468 e. The van der Waals surface area contributed by atoms with Crippen LogP contribution in [-0.4, -0.2) is 36.7 Å². The summed E-state index contributed by atoms with van der Waals surface area (Å²) < 4.78 is 11.0. The zero-order chi connectivity index (χ0) is 19.1. The molecule has 0 fully saturated rings. The average molecular weight is 365 g/mol. The van der Waals surface area contributed by atoms with Crippen LogP contribution < -0.4 is 0 Å². The van der Waals surface area contributed by atoms with Gasteiger partial charge in [-0.05, 0) is 18.1 Å². The van der Waals surface area contributed by atoms with Gasteiger partial charge in [0.2, 0.25) is 0 Å². The van der Waals surface area contributed by atoms with Crippen LogP contribution in [0.15, 0.2) is 72.8 Å². The predicted molar refractivity (Wildman–Crippen MR) is 106 cm³/mol. The highest BCUT2D eigenvalue weighted by atomic mass is 16.5. The fourth-order valence-corrected chi connectivity index (χ4v) is 3.56. The highest BCUT2D eigenvalue weighted by Crippen LogP contribution is 2.25. The number of hydrogen-bond donors (Lipinski definition) is 0. The molecule has 1 aliphatic heterocycles. The third kappa shape index (κ3) is 5.06. The Kier molecular flexibility index (Phi) is 6.80. The number of rotatable bonds is 7. The lowest BCUT2D eigenvalue weighted by molar-refractivity contribution is -0.151. The third-order valence-corrected chi connectivity index (χ3v) is 5.06. The lowest BCUT2D eigenvalue weighted by Gasteiger charge is -2.38. The molecule has 2 aromatic rings. The highest BCUT2D eigenvalue weighted by Gasteiger charge is 2.36. The van der Waals surface area contributed by atoms with Crippen molar-refractivity contribution < 1.29 is 14.3 Å². The van der Waals surface area contributed by atoms with E-state index in [1.54, 1.807) is 0 Å². The predicted octanol–water partition coefficient (Wildman–Crippen LogP) is 3.82. The summed E-state index contributed by atoms with van der Waals surface area (Å²) in [5.74, 6) is -0.630. The second kappa shape index (κ2) is 9.49. The Hall–Kier alpha value is -2.43. The Bertz CT molecular complexity index is 703. The molecule has 0 amide bonds. The van der Waals surface area contributed by atoms with Crippen LogP contribution in [0.25, 0.3) is 0 Å². The minimum absolute atomic E-state index is 0.0412. The number of hydrogen-bond acceptors (Lipinski definition) is 4. The van der Waals surface area contributed by atoms with Crippen LogP contribution in [0.4, 0.5) is 0 Å². The fraction of sp³-hybridized carbons (Fsp3) is 0.348. The van der Waals surface area contributed by atoms with Crippen LogP contribution in [0.1, 0.15) is 18.1 Å². The van der Waals surface area contributed by atoms with E-state index in [1.165, 1.54) is 18.2 Å². The molecule has 3 rings (SSSR count). The summed E-state index contributed by atoms with van der Waals surface area (Å²) in [5, 5.41) is 0. The number of nitrogens with zero attached hydrogens (tertiary/aromatic N) is 1. The van der Waals surface area contributed by atoms with E-state index in [1.807, 2.05) is 24.3 Å². The summed E-state index contributed by atoms with van der Waals surface area (Å²) in [6.45, 7) is 4.22. The number of esters is 1. The van der Waals surface area contributed by atoms with Gasteiger partial charge in [-0.1, -0.05) is 72.8 Å². The Morgan fingerprint density at radius 1 is 1.07 bits per heavy atom. The number of carbonyl (C=O) groups is 1. The molecule has 0 N–H and O–H groups in total. The number of carbonyl (C=O) groups excluding carboxylic acids is 1. The molecule has 0 saturated carbocycles. The first-order chi connectivity index (χ1) is 13.2. The molecular weight excluding hydrogens is 338 g/mol. The van der Waals surface area contributed by atoms with Crippen LogP contribution in [0.5, 0.6) is 0 Å². The van der Waals surface area contributed by atoms with Crippen molar-refractivity contribution in [2.75, 3.05) is 13.7 Å². The zero-order valence-corrected chi connectivity index (χ0v) is 16.0. The number of ether oxygens (including phenoxy) is 2. The molecule has 1 heterocycles. The average Bonchev–Trinajstić information content (AvgIpc) is 2.73. The molecular formula is C23H27NO3. The van der Waals surface area contributed by atoms with Gasteiger partial charge in [0.1, 0.15) is 5.92 Å². The van der Waals surface area contributed by atoms with E-state index >= 15 is 0 Å². The van der Waals surface area contributed by atoms with Crippen LogP contribution in [0.3, 0.4) is 0 Å². The van der Waals surface area contributed by atoms with E-state index in [4.69, 9.17) is 9.47 Å². The van der Waals surface area contributed by atoms with Crippen molar-refractivity contribution in [2.24, 2.45) is 5.92 Å². The topological polar surface area (TPSA) is 38.8 Å². The molecule has 4 nitrogen and oxygen atoms in total. The van der Waals surface area contributed by atoms with Crippen molar-refractivity contribution >= 4 is 5.97 Å². The quantitative estimate of drug-likeness (QED) is 0.552. The molecule has 2 aromatic carbocycles. The van der Waals surface area contributed by atoms with Gasteiger partial charge in [-0.2, -0.15) is 0 Å². The van der Waals surface area contributed by atoms with Crippen molar-refractivity contribution in [2.45, 2.75) is 32.2 Å². The van der Waals surface area contributed by atoms with Crippen molar-refractivity contribution in [1.29, 1.82) is 0 Å². The van der Waals surface area contributed by atoms with E-state index in [0.717, 1.165) is 13.1 Å². The van der Waals surface area contributed by atoms with Crippen LogP contribution >= 0.6 is 0 Å². The van der Waals surface area contributed by atoms with Gasteiger partial charge >= 0.3 is 5.97 Å². The molecule has 0 saturated heterocycles. The SMILES string of the molecule is COC(=O)[C@@H]1C=CCO[C@H]1[C@@H](C)N(Cc1ccccc1)Cc1ccccc1. The first kappa shape index (κ1) is 19.3. The molecule has 0 spiro atoms. The smallest absolute Gasteiger partial charge is 0.315 e. The van der Waals surface area contributed by atoms with Crippen molar-refractivity contribution in [3.05, 3.63) is 83.9 Å². The monoisotopic (exact) mass is 365 g/mol. The summed E-state index contributed by atoms with van der Waals surface area (Å²) in [6.07, 6.45) is 3.57. The maximum Gasteiger partial charge on any atom is 0.315 e. The normalized spacial score (nSPS) is 20.4. The number of benzene rings is 2. The van der Waals surface area contributed by atoms with Gasteiger partial charge in [-0.25, -0.2) is 0 Å². The lowest BCUT2D eigenvalue weighted by Crippen LogP contribution is -2.48. The van der Waals surface area contributed by atoms with Gasteiger partial charge in [-0.3, -0.25) is 9.69 Å². The standard InChI is InChI=1S/C23H27NO3/c1-18(22-21(23(25)26-2)14-9-15-27-22)24(16-19-10-5-3-6-11-19)17-20-12-7-4-8-13-20/h3-14,18,21-22H,15-17H2,1-2H3/t18-,21-,22+/m1/s1. The Balaban J connectivity index is 1.83. The van der Waals surface area contributed by atoms with Gasteiger partial charge in [0, 0.05) is 19.1 Å². The third-order valence-electron chi connectivity index (χ3n) is 5.06. The molecule has 27 heavy (non-hydrogen) atoms. The second-order valence-corrected chi connectivity index (χ2v) is 6.89. The van der Waals surface area contributed by atoms with E-state index in [9.17, 15) is 4.79 Å². The van der Waals surface area contributed by atoms with Gasteiger partial charge in [0.15, 0.2) is 0 Å². The number of methoxy groups -OCH3 is 1. The molecule has 4 heteroatoms. The first-order valence-electron chi connectivity index (χ1n) is 9.37. The zero-order valence-electron chi connectivity index (χ0n) is 16.0. The van der Waals surface area contributed by atoms with Crippen molar-refractivity contribution in [1.82, 2.24) is 4.90 Å². The maximum atomic E-state index is 12.2. The van der Waals surface area contributed by atoms with Crippen molar-refractivity contribution in [3.8, 4) is 0 Å². The second-order valence-electron chi connectivity index (χ2n) is 6.89. The molecule has 142 valence electrons. The summed E-state index contributed by atoms with van der Waals surface area (Å²) in [4.78, 5) is 14.6. The van der Waals surface area contributed by atoms with E-state index < -0.39 is 0 Å². The van der Waals surface area contributed by atoms with Crippen LogP contribution in [0.2, 0.25) is 0 Å². The molecule has 0 unspecified atom stereocenters. The first-order valence-corrected chi connectivity index (χ1v) is 9.37. The fourth-order valence-electron chi connectivity index (χ4n) is 3.56. The molecule has 1 aliphatic rings. The Morgan fingerprint density at radius 2 is 1.63 bits per heavy atom. The maximum absolute atomic E-state index is 12.2. The molecule has 0 radical (unpaired) electrons. The van der Waals surface area contributed by atoms with E-state index in [2.05, 4.69) is 60.4 Å². The largest absolute Gasteiger partial charge is 0.468 e. The van der Waals surface area contributed by atoms with Crippen LogP contribution in [-0.2, 0) is 27.4 Å². The molecule has 0 aliphatic carbocycles. The van der Waals surface area contributed by atoms with Crippen molar-refractivity contribution in [3.63, 3.8) is 0 Å². The van der Waals surface area contributed by atoms with Crippen LogP contribution in [0, 0.1) is 5.92 Å². The molecule has 0 bridgehead atoms. The summed E-state index contributed by atoms with van der Waals surface area (Å²) in [7, 11) is 1.43. The van der Waals surface area contributed by atoms with Gasteiger partial charge < -0.3 is 9.47 Å². The molecule has 3 atom stereocenters. The van der Waals surface area contributed by atoms with Gasteiger partial charge in [-0.15, -0.1) is 0 Å². The van der Waals surface area contributed by atoms with E-state index in [-0.39, 0.29) is 24.0 Å². The van der Waals surface area contributed by atoms with Gasteiger partial charge in [0.25, 0.3) is 0 Å².